The molecule has 0 atom stereocenters. The summed E-state index contributed by atoms with van der Waals surface area (Å²) >= 11 is 0. The van der Waals surface area contributed by atoms with Gasteiger partial charge in [-0.3, -0.25) is 4.79 Å². The van der Waals surface area contributed by atoms with Crippen LogP contribution in [0.4, 0.5) is 0 Å². The fourth-order valence-corrected chi connectivity index (χ4v) is 2.25. The van der Waals surface area contributed by atoms with Gasteiger partial charge in [0.1, 0.15) is 5.71 Å². The van der Waals surface area contributed by atoms with Crippen LogP contribution >= 0.6 is 0 Å². The number of benzene rings is 1. The molecule has 1 aliphatic carbocycles. The van der Waals surface area contributed by atoms with Gasteiger partial charge in [-0.25, -0.2) is 0 Å². The number of fused-ring (bicyclic) bond motifs is 1. The minimum absolute atomic E-state index is 0.130. The minimum atomic E-state index is -0.130. The van der Waals surface area contributed by atoms with Crippen LogP contribution < -0.4 is 0 Å². The van der Waals surface area contributed by atoms with Crippen molar-refractivity contribution >= 4 is 11.5 Å². The van der Waals surface area contributed by atoms with Gasteiger partial charge in [0.15, 0.2) is 0 Å². The second-order valence-electron chi connectivity index (χ2n) is 4.04. The Morgan fingerprint density at radius 1 is 1.25 bits per heavy atom. The molecule has 0 radical (unpaired) electrons. The first-order valence-corrected chi connectivity index (χ1v) is 5.61. The first-order chi connectivity index (χ1) is 7.71. The second kappa shape index (κ2) is 4.08. The van der Waals surface area contributed by atoms with Crippen molar-refractivity contribution < 1.29 is 10.0 Å². The summed E-state index contributed by atoms with van der Waals surface area (Å²) < 4.78 is 0. The maximum absolute atomic E-state index is 11.8. The monoisotopic (exact) mass is 217 g/mol. The number of Topliss-reactive ketones (excluding diaryl/α,β-unsaturated/α-hetero) is 1. The summed E-state index contributed by atoms with van der Waals surface area (Å²) in [5.41, 5.74) is 4.46. The molecule has 1 aliphatic rings. The summed E-state index contributed by atoms with van der Waals surface area (Å²) in [6.45, 7) is 4.19. The zero-order valence-corrected chi connectivity index (χ0v) is 9.58. The van der Waals surface area contributed by atoms with Crippen molar-refractivity contribution in [1.29, 1.82) is 0 Å². The predicted molar refractivity (Wildman–Crippen MR) is 62.5 cm³/mol. The summed E-state index contributed by atoms with van der Waals surface area (Å²) in [6, 6.07) is 4.03. The molecular weight excluding hydrogens is 202 g/mol. The fraction of sp³-hybridized carbons (Fsp3) is 0.385. The van der Waals surface area contributed by atoms with E-state index in [-0.39, 0.29) is 11.5 Å². The number of nitrogens with zero attached hydrogens (tertiary/aromatic N) is 1. The zero-order valence-electron chi connectivity index (χ0n) is 9.58. The average Bonchev–Trinajstić information content (AvgIpc) is 2.63. The van der Waals surface area contributed by atoms with Crippen molar-refractivity contribution in [2.24, 2.45) is 5.16 Å². The van der Waals surface area contributed by atoms with Gasteiger partial charge in [-0.2, -0.15) is 0 Å². The zero-order chi connectivity index (χ0) is 11.7. The van der Waals surface area contributed by atoms with Crippen molar-refractivity contribution in [2.75, 3.05) is 0 Å². The molecule has 1 aromatic rings. The highest BCUT2D eigenvalue weighted by molar-refractivity contribution is 6.49. The number of hydrogen-bond donors (Lipinski definition) is 1. The van der Waals surface area contributed by atoms with E-state index in [1.807, 2.05) is 6.07 Å². The van der Waals surface area contributed by atoms with Crippen LogP contribution in [0.3, 0.4) is 0 Å². The Hall–Kier alpha value is -1.64. The van der Waals surface area contributed by atoms with E-state index in [2.05, 4.69) is 25.1 Å². The Bertz CT molecular complexity index is 475. The van der Waals surface area contributed by atoms with Gasteiger partial charge < -0.3 is 5.21 Å². The molecular formula is C13H15NO2. The minimum Gasteiger partial charge on any atom is -0.411 e. The van der Waals surface area contributed by atoms with E-state index in [0.717, 1.165) is 18.4 Å². The first-order valence-electron chi connectivity index (χ1n) is 5.61. The SMILES string of the molecule is CCc1cc2c(cc1CC)C(=O)C(=NO)C2. The van der Waals surface area contributed by atoms with Gasteiger partial charge in [-0.05, 0) is 35.6 Å². The molecule has 1 aromatic carbocycles. The number of aryl methyl sites for hydroxylation is 2. The summed E-state index contributed by atoms with van der Waals surface area (Å²) in [4.78, 5) is 11.8. The largest absolute Gasteiger partial charge is 0.411 e. The van der Waals surface area contributed by atoms with Crippen LogP contribution in [0.5, 0.6) is 0 Å². The number of carbonyl (C=O) groups is 1. The number of hydrogen-bond acceptors (Lipinski definition) is 3. The molecule has 0 saturated carbocycles. The molecule has 0 aromatic heterocycles. The Labute approximate surface area is 94.8 Å². The average molecular weight is 217 g/mol. The van der Waals surface area contributed by atoms with Gasteiger partial charge in [-0.15, -0.1) is 0 Å². The van der Waals surface area contributed by atoms with Crippen LogP contribution in [-0.4, -0.2) is 16.7 Å². The van der Waals surface area contributed by atoms with Crippen molar-refractivity contribution in [2.45, 2.75) is 33.1 Å². The highest BCUT2D eigenvalue weighted by Gasteiger charge is 2.27. The number of carbonyl (C=O) groups excluding carboxylic acids is 1. The summed E-state index contributed by atoms with van der Waals surface area (Å²) in [7, 11) is 0. The predicted octanol–water partition coefficient (Wildman–Crippen LogP) is 2.38. The van der Waals surface area contributed by atoms with Gasteiger partial charge in [0, 0.05) is 12.0 Å². The number of rotatable bonds is 2. The van der Waals surface area contributed by atoms with Gasteiger partial charge in [0.05, 0.1) is 0 Å². The molecule has 0 amide bonds. The molecule has 84 valence electrons. The molecule has 0 heterocycles. The van der Waals surface area contributed by atoms with Gasteiger partial charge in [0.25, 0.3) is 0 Å². The van der Waals surface area contributed by atoms with E-state index >= 15 is 0 Å². The maximum atomic E-state index is 11.8. The topological polar surface area (TPSA) is 49.7 Å². The van der Waals surface area contributed by atoms with E-state index in [4.69, 9.17) is 5.21 Å². The molecule has 3 heteroatoms. The molecule has 0 unspecified atom stereocenters. The molecule has 0 bridgehead atoms. The Balaban J connectivity index is 2.55. The number of ketones is 1. The van der Waals surface area contributed by atoms with E-state index in [1.54, 1.807) is 0 Å². The van der Waals surface area contributed by atoms with Crippen LogP contribution in [-0.2, 0) is 19.3 Å². The number of oxime groups is 1. The van der Waals surface area contributed by atoms with Crippen LogP contribution in [0.1, 0.15) is 40.9 Å². The maximum Gasteiger partial charge on any atom is 0.211 e. The third-order valence-electron chi connectivity index (χ3n) is 3.17. The van der Waals surface area contributed by atoms with Crippen molar-refractivity contribution in [3.8, 4) is 0 Å². The van der Waals surface area contributed by atoms with Crippen LogP contribution in [0, 0.1) is 0 Å². The molecule has 3 nitrogen and oxygen atoms in total. The highest BCUT2D eigenvalue weighted by atomic mass is 16.4. The molecule has 2 rings (SSSR count). The van der Waals surface area contributed by atoms with Gasteiger partial charge in [-0.1, -0.05) is 25.1 Å². The normalized spacial score (nSPS) is 16.9. The Morgan fingerprint density at radius 2 is 1.88 bits per heavy atom. The molecule has 0 fully saturated rings. The van der Waals surface area contributed by atoms with E-state index in [1.165, 1.54) is 11.1 Å². The molecule has 0 saturated heterocycles. The molecule has 1 N–H and O–H groups in total. The van der Waals surface area contributed by atoms with Crippen molar-refractivity contribution in [3.05, 3.63) is 34.4 Å². The second-order valence-corrected chi connectivity index (χ2v) is 4.04. The summed E-state index contributed by atoms with van der Waals surface area (Å²) in [5, 5.41) is 11.8. The Kier molecular flexibility index (Phi) is 2.77. The third-order valence-corrected chi connectivity index (χ3v) is 3.17. The van der Waals surface area contributed by atoms with E-state index in [9.17, 15) is 4.79 Å². The first kappa shape index (κ1) is 10.9. The Morgan fingerprint density at radius 3 is 2.44 bits per heavy atom. The lowest BCUT2D eigenvalue weighted by molar-refractivity contribution is 0.106. The summed E-state index contributed by atoms with van der Waals surface area (Å²) in [5.74, 6) is -0.130. The lowest BCUT2D eigenvalue weighted by Gasteiger charge is -2.08. The van der Waals surface area contributed by atoms with E-state index < -0.39 is 0 Å². The lowest BCUT2D eigenvalue weighted by atomic mass is 9.97. The van der Waals surface area contributed by atoms with Crippen LogP contribution in [0.2, 0.25) is 0 Å². The molecule has 16 heavy (non-hydrogen) atoms. The van der Waals surface area contributed by atoms with Crippen molar-refractivity contribution in [1.82, 2.24) is 0 Å². The lowest BCUT2D eigenvalue weighted by Crippen LogP contribution is -2.07. The molecule has 0 aliphatic heterocycles. The fourth-order valence-electron chi connectivity index (χ4n) is 2.25. The smallest absolute Gasteiger partial charge is 0.211 e. The van der Waals surface area contributed by atoms with Gasteiger partial charge >= 0.3 is 0 Å². The van der Waals surface area contributed by atoms with E-state index in [0.29, 0.717) is 12.0 Å². The molecule has 0 spiro atoms. The highest BCUT2D eigenvalue weighted by Crippen LogP contribution is 2.25. The third kappa shape index (κ3) is 1.52. The van der Waals surface area contributed by atoms with Crippen LogP contribution in [0.25, 0.3) is 0 Å². The quantitative estimate of drug-likeness (QED) is 0.610. The van der Waals surface area contributed by atoms with Crippen molar-refractivity contribution in [3.63, 3.8) is 0 Å². The standard InChI is InChI=1S/C13H15NO2/c1-3-8-5-10-7-12(14-16)13(15)11(10)6-9(8)4-2/h5-6,16H,3-4,7H2,1-2H3. The van der Waals surface area contributed by atoms with Crippen LogP contribution in [0.15, 0.2) is 17.3 Å². The van der Waals surface area contributed by atoms with Gasteiger partial charge in [0.2, 0.25) is 5.78 Å². The summed E-state index contributed by atoms with van der Waals surface area (Å²) in [6.07, 6.45) is 2.35.